The molecule has 1 aromatic carbocycles. The summed E-state index contributed by atoms with van der Waals surface area (Å²) in [4.78, 5) is 28.4. The van der Waals surface area contributed by atoms with Gasteiger partial charge in [0.15, 0.2) is 11.8 Å². The minimum atomic E-state index is -3.82. The lowest BCUT2D eigenvalue weighted by Crippen LogP contribution is -2.41. The molecule has 0 bridgehead atoms. The molecule has 1 fully saturated rings. The highest BCUT2D eigenvalue weighted by Crippen LogP contribution is 2.42. The molecule has 10 nitrogen and oxygen atoms in total. The van der Waals surface area contributed by atoms with Gasteiger partial charge in [0.05, 0.1) is 12.3 Å². The third kappa shape index (κ3) is 3.73. The molecule has 0 aliphatic carbocycles. The third-order valence-electron chi connectivity index (χ3n) is 4.93. The quantitative estimate of drug-likeness (QED) is 0.554. The number of halogens is 2. The average Bonchev–Trinajstić information content (AvgIpc) is 3.13. The number of aliphatic hydroxyl groups is 2. The lowest BCUT2D eigenvalue weighted by molar-refractivity contribution is -0.140. The van der Waals surface area contributed by atoms with Crippen LogP contribution in [0, 0.1) is 0 Å². The van der Waals surface area contributed by atoms with E-state index in [1.54, 1.807) is 12.1 Å². The Morgan fingerprint density at radius 3 is 2.74 bits per heavy atom. The number of aromatic nitrogens is 2. The second kappa shape index (κ2) is 7.25. The highest BCUT2D eigenvalue weighted by atomic mass is 19.3. The van der Waals surface area contributed by atoms with Crippen LogP contribution in [-0.4, -0.2) is 56.1 Å². The zero-order chi connectivity index (χ0) is 22.6. The second-order valence-corrected chi connectivity index (χ2v) is 7.73. The summed E-state index contributed by atoms with van der Waals surface area (Å²) in [5, 5.41) is 24.2. The number of hydrogen-bond acceptors (Lipinski definition) is 8. The minimum absolute atomic E-state index is 0.156. The molecule has 166 valence electrons. The Labute approximate surface area is 174 Å². The molecule has 2 aliphatic rings. The van der Waals surface area contributed by atoms with Gasteiger partial charge in [0.25, 0.3) is 5.91 Å². The Balaban J connectivity index is 1.52. The van der Waals surface area contributed by atoms with E-state index in [0.717, 1.165) is 12.3 Å². The molecule has 4 rings (SSSR count). The Kier molecular flexibility index (Phi) is 4.95. The first kappa shape index (κ1) is 21.2. The van der Waals surface area contributed by atoms with Crippen molar-refractivity contribution in [2.45, 2.75) is 43.9 Å². The highest BCUT2D eigenvalue weighted by molar-refractivity contribution is 6.04. The number of amides is 1. The fraction of sp³-hybridized carbons (Fsp3) is 0.421. The SMILES string of the molecule is CC1(C)Nc2cc(C(=O)Nc3ccn(C4O[C@H](CO)[C@@H](O)C4(F)F)c(=O)n3)ccc2O1. The summed E-state index contributed by atoms with van der Waals surface area (Å²) in [5.74, 6) is -3.96. The van der Waals surface area contributed by atoms with Crippen molar-refractivity contribution in [3.05, 3.63) is 46.5 Å². The van der Waals surface area contributed by atoms with Crippen molar-refractivity contribution in [3.8, 4) is 5.75 Å². The van der Waals surface area contributed by atoms with Crippen molar-refractivity contribution in [2.75, 3.05) is 17.2 Å². The first-order valence-corrected chi connectivity index (χ1v) is 9.36. The smallest absolute Gasteiger partial charge is 0.351 e. The first-order chi connectivity index (χ1) is 14.5. The lowest BCUT2D eigenvalue weighted by Gasteiger charge is -2.21. The zero-order valence-corrected chi connectivity index (χ0v) is 16.5. The van der Waals surface area contributed by atoms with Crippen LogP contribution in [0.2, 0.25) is 0 Å². The molecular formula is C19H20F2N4O6. The summed E-state index contributed by atoms with van der Waals surface area (Å²) in [6.45, 7) is 2.80. The van der Waals surface area contributed by atoms with Crippen LogP contribution in [0.15, 0.2) is 35.3 Å². The van der Waals surface area contributed by atoms with E-state index < -0.39 is 48.3 Å². The van der Waals surface area contributed by atoms with Crippen LogP contribution in [0.25, 0.3) is 0 Å². The minimum Gasteiger partial charge on any atom is -0.467 e. The van der Waals surface area contributed by atoms with E-state index in [1.165, 1.54) is 6.07 Å². The predicted octanol–water partition coefficient (Wildman–Crippen LogP) is 0.922. The summed E-state index contributed by atoms with van der Waals surface area (Å²) in [6, 6.07) is 5.88. The Morgan fingerprint density at radius 1 is 1.35 bits per heavy atom. The summed E-state index contributed by atoms with van der Waals surface area (Å²) in [5.41, 5.74) is -0.855. The van der Waals surface area contributed by atoms with E-state index >= 15 is 0 Å². The molecule has 3 atom stereocenters. The second-order valence-electron chi connectivity index (χ2n) is 7.73. The molecule has 0 spiro atoms. The van der Waals surface area contributed by atoms with Crippen molar-refractivity contribution in [1.82, 2.24) is 9.55 Å². The monoisotopic (exact) mass is 438 g/mol. The molecule has 3 heterocycles. The fourth-order valence-corrected chi connectivity index (χ4v) is 3.45. The van der Waals surface area contributed by atoms with E-state index in [4.69, 9.17) is 14.6 Å². The molecule has 1 amide bonds. The van der Waals surface area contributed by atoms with Crippen LogP contribution in [-0.2, 0) is 4.74 Å². The number of fused-ring (bicyclic) bond motifs is 1. The molecule has 1 unspecified atom stereocenters. The fourth-order valence-electron chi connectivity index (χ4n) is 3.45. The van der Waals surface area contributed by atoms with Crippen molar-refractivity contribution < 1.29 is 33.3 Å². The average molecular weight is 438 g/mol. The number of nitrogens with zero attached hydrogens (tertiary/aromatic N) is 2. The normalized spacial score (nSPS) is 25.4. The molecule has 31 heavy (non-hydrogen) atoms. The van der Waals surface area contributed by atoms with Crippen LogP contribution >= 0.6 is 0 Å². The number of nitrogens with one attached hydrogen (secondary N) is 2. The van der Waals surface area contributed by atoms with Gasteiger partial charge in [-0.05, 0) is 38.1 Å². The van der Waals surface area contributed by atoms with E-state index in [2.05, 4.69) is 15.6 Å². The Morgan fingerprint density at radius 2 is 2.10 bits per heavy atom. The largest absolute Gasteiger partial charge is 0.467 e. The summed E-state index contributed by atoms with van der Waals surface area (Å²) < 4.78 is 39.6. The summed E-state index contributed by atoms with van der Waals surface area (Å²) >= 11 is 0. The standard InChI is InChI=1S/C19H20F2N4O6/c1-18(2)24-10-7-9(3-4-11(10)31-18)15(28)22-13-5-6-25(17(29)23-13)16-19(20,21)14(27)12(8-26)30-16/h3-7,12,14,16,24,26-27H,8H2,1-2H3,(H,22,23,28,29)/t12-,14-,16?/m1/s1. The number of benzene rings is 1. The van der Waals surface area contributed by atoms with Crippen molar-refractivity contribution >= 4 is 17.4 Å². The number of carbonyl (C=O) groups is 1. The highest BCUT2D eigenvalue weighted by Gasteiger charge is 2.59. The molecule has 1 aromatic heterocycles. The van der Waals surface area contributed by atoms with E-state index in [-0.39, 0.29) is 11.4 Å². The molecular weight excluding hydrogens is 418 g/mol. The predicted molar refractivity (Wildman–Crippen MR) is 103 cm³/mol. The number of hydrogen-bond donors (Lipinski definition) is 4. The molecule has 12 heteroatoms. The number of rotatable bonds is 4. The number of alkyl halides is 2. The third-order valence-corrected chi connectivity index (χ3v) is 4.93. The van der Waals surface area contributed by atoms with Gasteiger partial charge in [-0.1, -0.05) is 0 Å². The number of ether oxygens (including phenoxy) is 2. The van der Waals surface area contributed by atoms with E-state index in [9.17, 15) is 23.5 Å². The van der Waals surface area contributed by atoms with Gasteiger partial charge in [-0.25, -0.2) is 4.79 Å². The van der Waals surface area contributed by atoms with Crippen LogP contribution in [0.1, 0.15) is 30.4 Å². The van der Waals surface area contributed by atoms with Crippen LogP contribution in [0.5, 0.6) is 5.75 Å². The molecule has 4 N–H and O–H groups in total. The first-order valence-electron chi connectivity index (χ1n) is 9.36. The van der Waals surface area contributed by atoms with Crippen molar-refractivity contribution in [3.63, 3.8) is 0 Å². The van der Waals surface area contributed by atoms with Crippen LogP contribution in [0.4, 0.5) is 20.3 Å². The maximum Gasteiger partial charge on any atom is 0.351 e. The lowest BCUT2D eigenvalue weighted by atomic mass is 10.1. The van der Waals surface area contributed by atoms with E-state index in [1.807, 2.05) is 13.8 Å². The molecule has 1 saturated heterocycles. The summed E-state index contributed by atoms with van der Waals surface area (Å²) in [6.07, 6.45) is -5.00. The van der Waals surface area contributed by atoms with Gasteiger partial charge < -0.3 is 30.3 Å². The maximum absolute atomic E-state index is 14.2. The summed E-state index contributed by atoms with van der Waals surface area (Å²) in [7, 11) is 0. The van der Waals surface area contributed by atoms with E-state index in [0.29, 0.717) is 16.0 Å². The molecule has 0 saturated carbocycles. The van der Waals surface area contributed by atoms with Gasteiger partial charge >= 0.3 is 11.6 Å². The van der Waals surface area contributed by atoms with Gasteiger partial charge in [0.1, 0.15) is 17.7 Å². The zero-order valence-electron chi connectivity index (χ0n) is 16.5. The van der Waals surface area contributed by atoms with Gasteiger partial charge in [-0.2, -0.15) is 13.8 Å². The maximum atomic E-state index is 14.2. The van der Waals surface area contributed by atoms with Crippen LogP contribution < -0.4 is 21.1 Å². The Hall–Kier alpha value is -3.09. The number of anilines is 2. The van der Waals surface area contributed by atoms with Crippen molar-refractivity contribution in [2.24, 2.45) is 0 Å². The van der Waals surface area contributed by atoms with Gasteiger partial charge in [0, 0.05) is 11.8 Å². The van der Waals surface area contributed by atoms with Crippen LogP contribution in [0.3, 0.4) is 0 Å². The molecule has 2 aliphatic heterocycles. The Bertz CT molecular complexity index is 1090. The number of carbonyl (C=O) groups excluding carboxylic acids is 1. The molecule has 2 aromatic rings. The topological polar surface area (TPSA) is 135 Å². The molecule has 0 radical (unpaired) electrons. The van der Waals surface area contributed by atoms with Gasteiger partial charge in [-0.15, -0.1) is 0 Å². The number of aliphatic hydroxyl groups excluding tert-OH is 2. The van der Waals surface area contributed by atoms with Gasteiger partial charge in [-0.3, -0.25) is 9.36 Å². The van der Waals surface area contributed by atoms with Crippen molar-refractivity contribution in [1.29, 1.82) is 0 Å². The van der Waals surface area contributed by atoms with Gasteiger partial charge in [0.2, 0.25) is 6.23 Å².